The molecule has 4 heterocycles. The molecule has 4 aromatic heterocycles. The van der Waals surface area contributed by atoms with E-state index in [1.807, 2.05) is 29.8 Å². The van der Waals surface area contributed by atoms with Crippen molar-refractivity contribution in [3.8, 4) is 22.1 Å². The molecule has 0 bridgehead atoms. The molecule has 8 heteroatoms. The summed E-state index contributed by atoms with van der Waals surface area (Å²) in [4.78, 5) is 0.775. The molecule has 6 nitrogen and oxygen atoms in total. The van der Waals surface area contributed by atoms with Crippen LogP contribution in [0.15, 0.2) is 22.9 Å². The molecular weight excluding hydrogens is 280 g/mol. The molecule has 0 fully saturated rings. The predicted molar refractivity (Wildman–Crippen MR) is 74.3 cm³/mol. The molecule has 0 aliphatic carbocycles. The maximum Gasteiger partial charge on any atom is 0.235 e. The Bertz CT molecular complexity index is 838. The van der Waals surface area contributed by atoms with E-state index >= 15 is 0 Å². The van der Waals surface area contributed by atoms with Crippen LogP contribution in [0.2, 0.25) is 0 Å². The number of fused-ring (bicyclic) bond motifs is 1. The highest BCUT2D eigenvalue weighted by molar-refractivity contribution is 7.19. The molecule has 0 amide bonds. The molecule has 19 heavy (non-hydrogen) atoms. The van der Waals surface area contributed by atoms with E-state index < -0.39 is 0 Å². The van der Waals surface area contributed by atoms with Crippen LogP contribution in [-0.2, 0) is 0 Å². The number of hydrogen-bond acceptors (Lipinski definition) is 6. The first kappa shape index (κ1) is 10.8. The van der Waals surface area contributed by atoms with Crippen molar-refractivity contribution in [2.24, 2.45) is 0 Å². The predicted octanol–water partition coefficient (Wildman–Crippen LogP) is 2.61. The van der Waals surface area contributed by atoms with Crippen molar-refractivity contribution < 1.29 is 0 Å². The molecule has 4 aromatic rings. The van der Waals surface area contributed by atoms with Crippen LogP contribution in [0.5, 0.6) is 0 Å². The maximum absolute atomic E-state index is 4.54. The van der Waals surface area contributed by atoms with Crippen molar-refractivity contribution in [2.75, 3.05) is 0 Å². The molecule has 4 rings (SSSR count). The minimum atomic E-state index is 0.769. The lowest BCUT2D eigenvalue weighted by molar-refractivity contribution is 0.963. The minimum Gasteiger partial charge on any atom is -0.282 e. The number of nitrogens with one attached hydrogen (secondary N) is 1. The van der Waals surface area contributed by atoms with Gasteiger partial charge in [-0.1, -0.05) is 11.3 Å². The number of thiophene rings is 1. The Morgan fingerprint density at radius 3 is 3.00 bits per heavy atom. The van der Waals surface area contributed by atoms with E-state index in [4.69, 9.17) is 0 Å². The Morgan fingerprint density at radius 1 is 1.32 bits per heavy atom. The molecular formula is C11H8N6S2. The molecule has 0 aliphatic heterocycles. The van der Waals surface area contributed by atoms with Gasteiger partial charge in [0.15, 0.2) is 10.8 Å². The fourth-order valence-electron chi connectivity index (χ4n) is 1.82. The van der Waals surface area contributed by atoms with Crippen LogP contribution in [-0.4, -0.2) is 30.0 Å². The number of rotatable bonds is 2. The zero-order valence-electron chi connectivity index (χ0n) is 9.86. The summed E-state index contributed by atoms with van der Waals surface area (Å²) in [6.45, 7) is 1.97. The van der Waals surface area contributed by atoms with Gasteiger partial charge in [-0.05, 0) is 24.4 Å². The maximum atomic E-state index is 4.54. The van der Waals surface area contributed by atoms with Gasteiger partial charge >= 0.3 is 0 Å². The standard InChI is InChI=1S/C11H8N6S2/c1-6-4-8(13-12-6)10-16-17-9(7-2-3-18-5-7)14-15-11(17)19-10/h2-5H,1H3,(H,12,13). The van der Waals surface area contributed by atoms with Gasteiger partial charge in [0.2, 0.25) is 4.96 Å². The molecule has 0 saturated carbocycles. The molecule has 0 saturated heterocycles. The monoisotopic (exact) mass is 288 g/mol. The van der Waals surface area contributed by atoms with Crippen LogP contribution in [0.3, 0.4) is 0 Å². The third kappa shape index (κ3) is 1.68. The topological polar surface area (TPSA) is 71.8 Å². The van der Waals surface area contributed by atoms with Gasteiger partial charge in [0.1, 0.15) is 5.69 Å². The van der Waals surface area contributed by atoms with Gasteiger partial charge in [-0.3, -0.25) is 5.10 Å². The van der Waals surface area contributed by atoms with E-state index in [9.17, 15) is 0 Å². The van der Waals surface area contributed by atoms with Crippen molar-refractivity contribution in [3.05, 3.63) is 28.6 Å². The van der Waals surface area contributed by atoms with E-state index in [1.54, 1.807) is 15.9 Å². The Balaban J connectivity index is 1.89. The van der Waals surface area contributed by atoms with Gasteiger partial charge in [-0.25, -0.2) is 0 Å². The molecule has 0 atom stereocenters. The Kier molecular flexibility index (Phi) is 2.26. The van der Waals surface area contributed by atoms with Crippen molar-refractivity contribution in [1.82, 2.24) is 30.0 Å². The number of hydrogen-bond donors (Lipinski definition) is 1. The Morgan fingerprint density at radius 2 is 2.26 bits per heavy atom. The average molecular weight is 288 g/mol. The highest BCUT2D eigenvalue weighted by atomic mass is 32.1. The molecule has 0 spiro atoms. The summed E-state index contributed by atoms with van der Waals surface area (Å²) >= 11 is 3.11. The molecule has 0 unspecified atom stereocenters. The second kappa shape index (κ2) is 3.97. The van der Waals surface area contributed by atoms with Gasteiger partial charge in [0, 0.05) is 16.6 Å². The number of aromatic nitrogens is 6. The van der Waals surface area contributed by atoms with E-state index in [1.165, 1.54) is 11.3 Å². The Hall–Kier alpha value is -2.06. The van der Waals surface area contributed by atoms with Crippen LogP contribution in [0.25, 0.3) is 27.1 Å². The van der Waals surface area contributed by atoms with E-state index in [0.717, 1.165) is 32.7 Å². The van der Waals surface area contributed by atoms with Gasteiger partial charge in [-0.2, -0.15) is 26.0 Å². The largest absolute Gasteiger partial charge is 0.282 e. The summed E-state index contributed by atoms with van der Waals surface area (Å²) in [6.07, 6.45) is 0. The summed E-state index contributed by atoms with van der Waals surface area (Å²) in [7, 11) is 0. The minimum absolute atomic E-state index is 0.769. The van der Waals surface area contributed by atoms with Gasteiger partial charge in [0.25, 0.3) is 0 Å². The third-order valence-electron chi connectivity index (χ3n) is 2.70. The SMILES string of the molecule is Cc1cc(-c2nn3c(-c4ccsc4)nnc3s2)n[nH]1. The van der Waals surface area contributed by atoms with Gasteiger partial charge < -0.3 is 0 Å². The zero-order valence-corrected chi connectivity index (χ0v) is 11.5. The smallest absolute Gasteiger partial charge is 0.235 e. The lowest BCUT2D eigenvalue weighted by Crippen LogP contribution is -1.89. The second-order valence-corrected chi connectivity index (χ2v) is 5.81. The molecule has 0 aromatic carbocycles. The van der Waals surface area contributed by atoms with Crippen molar-refractivity contribution >= 4 is 27.6 Å². The quantitative estimate of drug-likeness (QED) is 0.615. The van der Waals surface area contributed by atoms with Crippen molar-refractivity contribution in [1.29, 1.82) is 0 Å². The number of H-pyrrole nitrogens is 1. The summed E-state index contributed by atoms with van der Waals surface area (Å²) in [6, 6.07) is 3.98. The van der Waals surface area contributed by atoms with Crippen LogP contribution in [0.4, 0.5) is 0 Å². The zero-order chi connectivity index (χ0) is 12.8. The van der Waals surface area contributed by atoms with E-state index in [0.29, 0.717) is 0 Å². The van der Waals surface area contributed by atoms with Crippen LogP contribution in [0.1, 0.15) is 5.69 Å². The third-order valence-corrected chi connectivity index (χ3v) is 4.30. The highest BCUT2D eigenvalue weighted by Gasteiger charge is 2.15. The summed E-state index contributed by atoms with van der Waals surface area (Å²) in [5.74, 6) is 0.769. The van der Waals surface area contributed by atoms with Gasteiger partial charge in [-0.15, -0.1) is 10.2 Å². The summed E-state index contributed by atoms with van der Waals surface area (Å²) in [5.41, 5.74) is 2.89. The average Bonchev–Trinajstić information content (AvgIpc) is 3.11. The first-order valence-corrected chi connectivity index (χ1v) is 7.34. The Labute approximate surface area is 115 Å². The molecule has 1 N–H and O–H groups in total. The fraction of sp³-hybridized carbons (Fsp3) is 0.0909. The lowest BCUT2D eigenvalue weighted by atomic mass is 10.3. The normalized spacial score (nSPS) is 11.4. The van der Waals surface area contributed by atoms with Crippen molar-refractivity contribution in [2.45, 2.75) is 6.92 Å². The van der Waals surface area contributed by atoms with Gasteiger partial charge in [0.05, 0.1) is 0 Å². The molecule has 94 valence electrons. The van der Waals surface area contributed by atoms with Crippen LogP contribution in [0, 0.1) is 6.92 Å². The fourth-order valence-corrected chi connectivity index (χ4v) is 3.25. The number of aryl methyl sites for hydroxylation is 1. The first-order chi connectivity index (χ1) is 9.31. The highest BCUT2D eigenvalue weighted by Crippen LogP contribution is 2.27. The second-order valence-electron chi connectivity index (χ2n) is 4.07. The summed E-state index contributed by atoms with van der Waals surface area (Å²) in [5, 5.41) is 24.9. The number of nitrogens with zero attached hydrogens (tertiary/aromatic N) is 5. The van der Waals surface area contributed by atoms with Crippen molar-refractivity contribution in [3.63, 3.8) is 0 Å². The molecule has 0 aliphatic rings. The van der Waals surface area contributed by atoms with E-state index in [-0.39, 0.29) is 0 Å². The van der Waals surface area contributed by atoms with E-state index in [2.05, 4.69) is 25.5 Å². The molecule has 0 radical (unpaired) electrons. The number of aromatic amines is 1. The summed E-state index contributed by atoms with van der Waals surface area (Å²) < 4.78 is 1.77. The van der Waals surface area contributed by atoms with Crippen LogP contribution < -0.4 is 0 Å². The first-order valence-electron chi connectivity index (χ1n) is 5.58. The lowest BCUT2D eigenvalue weighted by Gasteiger charge is -1.90. The van der Waals surface area contributed by atoms with Crippen LogP contribution >= 0.6 is 22.7 Å².